The van der Waals surface area contributed by atoms with Gasteiger partial charge in [-0.05, 0) is 12.1 Å². The van der Waals surface area contributed by atoms with Gasteiger partial charge in [0.15, 0.2) is 0 Å². The van der Waals surface area contributed by atoms with E-state index in [1.54, 1.807) is 11.9 Å². The minimum atomic E-state index is -0.153. The molecule has 3 rings (SSSR count). The fourth-order valence-electron chi connectivity index (χ4n) is 3.13. The lowest BCUT2D eigenvalue weighted by Gasteiger charge is -2.35. The Kier molecular flexibility index (Phi) is 4.38. The number of likely N-dealkylation sites (tertiary alicyclic amines) is 1. The van der Waals surface area contributed by atoms with Crippen molar-refractivity contribution in [2.45, 2.75) is 13.0 Å². The van der Waals surface area contributed by atoms with Crippen molar-refractivity contribution in [2.75, 3.05) is 39.8 Å². The van der Waals surface area contributed by atoms with Gasteiger partial charge in [-0.3, -0.25) is 19.5 Å². The van der Waals surface area contributed by atoms with Gasteiger partial charge in [0.1, 0.15) is 0 Å². The molecule has 2 aliphatic rings. The summed E-state index contributed by atoms with van der Waals surface area (Å²) >= 11 is 0. The molecule has 0 radical (unpaired) electrons. The molecule has 0 aliphatic carbocycles. The summed E-state index contributed by atoms with van der Waals surface area (Å²) in [7, 11) is 1.76. The third kappa shape index (κ3) is 3.27. The minimum Gasteiger partial charge on any atom is -0.345 e. The molecule has 3 heterocycles. The smallest absolute Gasteiger partial charge is 0.228 e. The van der Waals surface area contributed by atoms with Gasteiger partial charge in [-0.25, -0.2) is 0 Å². The molecular formula is C16H22N4O2. The number of piperazine rings is 1. The van der Waals surface area contributed by atoms with Gasteiger partial charge in [0.05, 0.1) is 11.6 Å². The SMILES string of the molecule is CN1CC(C(=O)N2CCN(Cc3ccccn3)CC2)CC1=O. The van der Waals surface area contributed by atoms with Crippen molar-refractivity contribution in [1.82, 2.24) is 19.7 Å². The van der Waals surface area contributed by atoms with E-state index >= 15 is 0 Å². The molecule has 1 unspecified atom stereocenters. The zero-order valence-corrected chi connectivity index (χ0v) is 12.9. The van der Waals surface area contributed by atoms with Gasteiger partial charge in [-0.15, -0.1) is 0 Å². The Morgan fingerprint density at radius 1 is 1.27 bits per heavy atom. The largest absolute Gasteiger partial charge is 0.345 e. The summed E-state index contributed by atoms with van der Waals surface area (Å²) in [6, 6.07) is 5.94. The van der Waals surface area contributed by atoms with Crippen molar-refractivity contribution in [2.24, 2.45) is 5.92 Å². The van der Waals surface area contributed by atoms with Crippen LogP contribution in [0.3, 0.4) is 0 Å². The number of hydrogen-bond acceptors (Lipinski definition) is 4. The molecule has 2 amide bonds. The molecule has 0 aromatic carbocycles. The molecule has 1 aromatic rings. The summed E-state index contributed by atoms with van der Waals surface area (Å²) in [6.45, 7) is 4.58. The van der Waals surface area contributed by atoms with E-state index in [1.165, 1.54) is 0 Å². The number of amides is 2. The third-order valence-corrected chi connectivity index (χ3v) is 4.49. The maximum atomic E-state index is 12.5. The fraction of sp³-hybridized carbons (Fsp3) is 0.562. The van der Waals surface area contributed by atoms with Crippen molar-refractivity contribution in [3.05, 3.63) is 30.1 Å². The first-order valence-corrected chi connectivity index (χ1v) is 7.78. The van der Waals surface area contributed by atoms with E-state index in [-0.39, 0.29) is 17.7 Å². The maximum Gasteiger partial charge on any atom is 0.228 e. The van der Waals surface area contributed by atoms with E-state index in [2.05, 4.69) is 9.88 Å². The Morgan fingerprint density at radius 3 is 2.64 bits per heavy atom. The highest BCUT2D eigenvalue weighted by molar-refractivity contribution is 5.89. The summed E-state index contributed by atoms with van der Waals surface area (Å²) in [6.07, 6.45) is 2.17. The molecule has 6 heteroatoms. The van der Waals surface area contributed by atoms with E-state index in [9.17, 15) is 9.59 Å². The molecule has 1 aromatic heterocycles. The average Bonchev–Trinajstić information content (AvgIpc) is 2.88. The number of pyridine rings is 1. The molecule has 2 aliphatic heterocycles. The molecule has 0 saturated carbocycles. The Labute approximate surface area is 130 Å². The van der Waals surface area contributed by atoms with Crippen LogP contribution in [0, 0.1) is 5.92 Å². The van der Waals surface area contributed by atoms with Crippen molar-refractivity contribution >= 4 is 11.8 Å². The van der Waals surface area contributed by atoms with E-state index < -0.39 is 0 Å². The first-order valence-electron chi connectivity index (χ1n) is 7.78. The molecule has 2 fully saturated rings. The average molecular weight is 302 g/mol. The Morgan fingerprint density at radius 2 is 2.05 bits per heavy atom. The molecular weight excluding hydrogens is 280 g/mol. The second kappa shape index (κ2) is 6.44. The number of rotatable bonds is 3. The van der Waals surface area contributed by atoms with Crippen LogP contribution >= 0.6 is 0 Å². The van der Waals surface area contributed by atoms with Crippen LogP contribution in [0.4, 0.5) is 0 Å². The van der Waals surface area contributed by atoms with Gasteiger partial charge in [-0.1, -0.05) is 6.07 Å². The van der Waals surface area contributed by atoms with Gasteiger partial charge in [0.25, 0.3) is 0 Å². The van der Waals surface area contributed by atoms with E-state index in [1.807, 2.05) is 29.3 Å². The number of carbonyl (C=O) groups is 2. The second-order valence-corrected chi connectivity index (χ2v) is 6.10. The van der Waals surface area contributed by atoms with Crippen LogP contribution in [0.15, 0.2) is 24.4 Å². The van der Waals surface area contributed by atoms with Crippen LogP contribution in [0.2, 0.25) is 0 Å². The van der Waals surface area contributed by atoms with Crippen LogP contribution in [0.25, 0.3) is 0 Å². The summed E-state index contributed by atoms with van der Waals surface area (Å²) in [5, 5.41) is 0. The Hall–Kier alpha value is -1.95. The van der Waals surface area contributed by atoms with Crippen LogP contribution in [-0.2, 0) is 16.1 Å². The standard InChI is InChI=1S/C16H22N4O2/c1-18-11-13(10-15(18)21)16(22)20-8-6-19(7-9-20)12-14-4-2-3-5-17-14/h2-5,13H,6-12H2,1H3. The van der Waals surface area contributed by atoms with E-state index in [0.717, 1.165) is 38.4 Å². The molecule has 1 atom stereocenters. The normalized spacial score (nSPS) is 23.1. The highest BCUT2D eigenvalue weighted by Gasteiger charge is 2.35. The first kappa shape index (κ1) is 15.0. The van der Waals surface area contributed by atoms with Crippen LogP contribution in [0.5, 0.6) is 0 Å². The highest BCUT2D eigenvalue weighted by Crippen LogP contribution is 2.19. The molecule has 6 nitrogen and oxygen atoms in total. The number of hydrogen-bond donors (Lipinski definition) is 0. The first-order chi connectivity index (χ1) is 10.6. The monoisotopic (exact) mass is 302 g/mol. The van der Waals surface area contributed by atoms with Crippen molar-refractivity contribution in [3.8, 4) is 0 Å². The molecule has 0 N–H and O–H groups in total. The van der Waals surface area contributed by atoms with Gasteiger partial charge in [0, 0.05) is 58.9 Å². The molecule has 118 valence electrons. The van der Waals surface area contributed by atoms with Crippen molar-refractivity contribution in [1.29, 1.82) is 0 Å². The topological polar surface area (TPSA) is 56.8 Å². The quantitative estimate of drug-likeness (QED) is 0.801. The molecule has 0 spiro atoms. The van der Waals surface area contributed by atoms with Crippen LogP contribution in [-0.4, -0.2) is 71.3 Å². The van der Waals surface area contributed by atoms with Crippen LogP contribution < -0.4 is 0 Å². The third-order valence-electron chi connectivity index (χ3n) is 4.49. The van der Waals surface area contributed by atoms with Gasteiger partial charge in [0.2, 0.25) is 11.8 Å². The van der Waals surface area contributed by atoms with Gasteiger partial charge >= 0.3 is 0 Å². The van der Waals surface area contributed by atoms with Crippen molar-refractivity contribution in [3.63, 3.8) is 0 Å². The van der Waals surface area contributed by atoms with E-state index in [0.29, 0.717) is 13.0 Å². The molecule has 0 bridgehead atoms. The maximum absolute atomic E-state index is 12.5. The number of aromatic nitrogens is 1. The molecule has 2 saturated heterocycles. The highest BCUT2D eigenvalue weighted by atomic mass is 16.2. The zero-order valence-electron chi connectivity index (χ0n) is 12.9. The fourth-order valence-corrected chi connectivity index (χ4v) is 3.13. The second-order valence-electron chi connectivity index (χ2n) is 6.10. The van der Waals surface area contributed by atoms with Gasteiger partial charge in [-0.2, -0.15) is 0 Å². The zero-order chi connectivity index (χ0) is 15.5. The lowest BCUT2D eigenvalue weighted by molar-refractivity contribution is -0.137. The minimum absolute atomic E-state index is 0.0761. The summed E-state index contributed by atoms with van der Waals surface area (Å²) in [5.41, 5.74) is 1.06. The number of carbonyl (C=O) groups excluding carboxylic acids is 2. The van der Waals surface area contributed by atoms with Crippen molar-refractivity contribution < 1.29 is 9.59 Å². The summed E-state index contributed by atoms with van der Waals surface area (Å²) < 4.78 is 0. The Balaban J connectivity index is 1.49. The van der Waals surface area contributed by atoms with Gasteiger partial charge < -0.3 is 9.80 Å². The predicted molar refractivity (Wildman–Crippen MR) is 81.8 cm³/mol. The number of nitrogens with zero attached hydrogens (tertiary/aromatic N) is 4. The predicted octanol–water partition coefficient (Wildman–Crippen LogP) is 0.204. The van der Waals surface area contributed by atoms with Crippen LogP contribution in [0.1, 0.15) is 12.1 Å². The summed E-state index contributed by atoms with van der Waals surface area (Å²) in [5.74, 6) is 0.0576. The lowest BCUT2D eigenvalue weighted by atomic mass is 10.1. The van der Waals surface area contributed by atoms with E-state index in [4.69, 9.17) is 0 Å². The lowest BCUT2D eigenvalue weighted by Crippen LogP contribution is -2.50. The summed E-state index contributed by atoms with van der Waals surface area (Å²) in [4.78, 5) is 34.3. The Bertz CT molecular complexity index is 540. The molecule has 22 heavy (non-hydrogen) atoms.